The summed E-state index contributed by atoms with van der Waals surface area (Å²) in [7, 11) is 0. The monoisotopic (exact) mass is 456 g/mol. The van der Waals surface area contributed by atoms with Crippen molar-refractivity contribution in [2.45, 2.75) is 18.9 Å². The molecule has 0 bridgehead atoms. The third-order valence-corrected chi connectivity index (χ3v) is 5.76. The molecule has 1 aliphatic carbocycles. The Kier molecular flexibility index (Phi) is 5.82. The molecule has 3 aromatic carbocycles. The van der Waals surface area contributed by atoms with Gasteiger partial charge < -0.3 is 0 Å². The van der Waals surface area contributed by atoms with E-state index >= 15 is 0 Å². The van der Waals surface area contributed by atoms with Crippen LogP contribution in [-0.4, -0.2) is 32.0 Å². The predicted octanol–water partition coefficient (Wildman–Crippen LogP) is 3.09. The predicted molar refractivity (Wildman–Crippen MR) is 122 cm³/mol. The van der Waals surface area contributed by atoms with Gasteiger partial charge in [0.25, 0.3) is 5.91 Å². The first-order valence-electron chi connectivity index (χ1n) is 10.9. The highest BCUT2D eigenvalue weighted by Crippen LogP contribution is 2.48. The molecule has 5 rings (SSSR count). The average molecular weight is 456 g/mol. The Morgan fingerprint density at radius 3 is 2.44 bits per heavy atom. The quantitative estimate of drug-likeness (QED) is 0.434. The summed E-state index contributed by atoms with van der Waals surface area (Å²) < 4.78 is 13.9. The average Bonchev–Trinajstić information content (AvgIpc) is 3.53. The van der Waals surface area contributed by atoms with E-state index in [4.69, 9.17) is 0 Å². The number of tetrazole rings is 1. The summed E-state index contributed by atoms with van der Waals surface area (Å²) in [6.45, 7) is 0.400. The fourth-order valence-electron chi connectivity index (χ4n) is 3.83. The van der Waals surface area contributed by atoms with E-state index in [0.717, 1.165) is 11.1 Å². The molecule has 4 aromatic rings. The Labute approximate surface area is 194 Å². The molecule has 0 radical (unpaired) electrons. The molecule has 8 nitrogen and oxygen atoms in total. The third-order valence-electron chi connectivity index (χ3n) is 5.76. The zero-order valence-corrected chi connectivity index (χ0v) is 18.1. The summed E-state index contributed by atoms with van der Waals surface area (Å²) in [5, 5.41) is 12.5. The standard InChI is InChI=1S/C25H21FN6O2/c26-22-9-5-4-8-19(22)20-14-21(20)25(34)29-28-24(33)18-12-10-16(11-13-18)15-32-30-23(27-31-32)17-6-2-1-3-7-17/h1-13,20-21H,14-15H2,(H,28,33)(H,29,34). The molecule has 1 aliphatic rings. The van der Waals surface area contributed by atoms with Crippen molar-refractivity contribution in [2.75, 3.05) is 0 Å². The van der Waals surface area contributed by atoms with Crippen LogP contribution in [-0.2, 0) is 11.3 Å². The summed E-state index contributed by atoms with van der Waals surface area (Å²) in [4.78, 5) is 26.2. The molecule has 1 fully saturated rings. The van der Waals surface area contributed by atoms with Gasteiger partial charge in [0.15, 0.2) is 0 Å². The van der Waals surface area contributed by atoms with Gasteiger partial charge >= 0.3 is 0 Å². The number of halogens is 1. The van der Waals surface area contributed by atoms with E-state index in [1.807, 2.05) is 30.3 Å². The van der Waals surface area contributed by atoms with Gasteiger partial charge in [0, 0.05) is 17.0 Å². The molecule has 2 N–H and O–H groups in total. The van der Waals surface area contributed by atoms with Gasteiger partial charge in [-0.05, 0) is 46.9 Å². The summed E-state index contributed by atoms with van der Waals surface area (Å²) in [6, 6.07) is 22.9. The van der Waals surface area contributed by atoms with Crippen molar-refractivity contribution in [3.8, 4) is 11.4 Å². The Balaban J connectivity index is 1.13. The van der Waals surface area contributed by atoms with Crippen molar-refractivity contribution in [3.63, 3.8) is 0 Å². The van der Waals surface area contributed by atoms with Crippen LogP contribution in [0.1, 0.15) is 33.8 Å². The zero-order valence-electron chi connectivity index (χ0n) is 18.1. The van der Waals surface area contributed by atoms with E-state index < -0.39 is 5.91 Å². The van der Waals surface area contributed by atoms with E-state index in [-0.39, 0.29) is 23.6 Å². The summed E-state index contributed by atoms with van der Waals surface area (Å²) >= 11 is 0. The van der Waals surface area contributed by atoms with Crippen LogP contribution in [0.15, 0.2) is 78.9 Å². The maximum Gasteiger partial charge on any atom is 0.269 e. The first kappa shape index (κ1) is 21.4. The highest BCUT2D eigenvalue weighted by molar-refractivity contribution is 5.96. The Bertz CT molecular complexity index is 1320. The van der Waals surface area contributed by atoms with Crippen molar-refractivity contribution in [2.24, 2.45) is 5.92 Å². The number of carbonyl (C=O) groups is 2. The lowest BCUT2D eigenvalue weighted by molar-refractivity contribution is -0.123. The maximum absolute atomic E-state index is 13.9. The van der Waals surface area contributed by atoms with Crippen molar-refractivity contribution in [1.29, 1.82) is 0 Å². The fourth-order valence-corrected chi connectivity index (χ4v) is 3.83. The first-order chi connectivity index (χ1) is 16.6. The molecule has 9 heteroatoms. The van der Waals surface area contributed by atoms with Crippen LogP contribution in [0.25, 0.3) is 11.4 Å². The molecular weight excluding hydrogens is 435 g/mol. The van der Waals surface area contributed by atoms with Gasteiger partial charge in [-0.3, -0.25) is 20.4 Å². The van der Waals surface area contributed by atoms with Crippen LogP contribution in [0.2, 0.25) is 0 Å². The number of benzene rings is 3. The molecule has 2 atom stereocenters. The molecular formula is C25H21FN6O2. The lowest BCUT2D eigenvalue weighted by Crippen LogP contribution is -2.42. The number of aromatic nitrogens is 4. The topological polar surface area (TPSA) is 102 Å². The first-order valence-corrected chi connectivity index (χ1v) is 10.9. The number of amides is 2. The maximum atomic E-state index is 13.9. The molecule has 0 aliphatic heterocycles. The van der Waals surface area contributed by atoms with Crippen LogP contribution in [0.3, 0.4) is 0 Å². The van der Waals surface area contributed by atoms with E-state index in [1.54, 1.807) is 42.5 Å². The molecule has 2 amide bonds. The highest BCUT2D eigenvalue weighted by atomic mass is 19.1. The largest absolute Gasteiger partial charge is 0.273 e. The SMILES string of the molecule is O=C(NNC(=O)C1CC1c1ccccc1F)c1ccc(Cn2nnc(-c3ccccc3)n2)cc1. The minimum Gasteiger partial charge on any atom is -0.273 e. The highest BCUT2D eigenvalue weighted by Gasteiger charge is 2.45. The van der Waals surface area contributed by atoms with Gasteiger partial charge in [0.2, 0.25) is 11.7 Å². The van der Waals surface area contributed by atoms with Crippen molar-refractivity contribution in [1.82, 2.24) is 31.1 Å². The van der Waals surface area contributed by atoms with Crippen molar-refractivity contribution >= 4 is 11.8 Å². The number of hydrazine groups is 1. The van der Waals surface area contributed by atoms with Crippen LogP contribution >= 0.6 is 0 Å². The number of nitrogens with one attached hydrogen (secondary N) is 2. The normalized spacial score (nSPS) is 16.6. The summed E-state index contributed by atoms with van der Waals surface area (Å²) in [5.41, 5.74) is 7.56. The second-order valence-corrected chi connectivity index (χ2v) is 8.12. The molecule has 0 saturated heterocycles. The smallest absolute Gasteiger partial charge is 0.269 e. The van der Waals surface area contributed by atoms with Crippen molar-refractivity contribution < 1.29 is 14.0 Å². The lowest BCUT2D eigenvalue weighted by atomic mass is 10.1. The van der Waals surface area contributed by atoms with Gasteiger partial charge in [-0.1, -0.05) is 60.7 Å². The second kappa shape index (κ2) is 9.22. The van der Waals surface area contributed by atoms with E-state index in [1.165, 1.54) is 10.9 Å². The molecule has 1 heterocycles. The number of hydrogen-bond acceptors (Lipinski definition) is 5. The van der Waals surface area contributed by atoms with Crippen LogP contribution < -0.4 is 10.9 Å². The minimum absolute atomic E-state index is 0.162. The number of nitrogens with zero attached hydrogens (tertiary/aromatic N) is 4. The van der Waals surface area contributed by atoms with Gasteiger partial charge in [-0.15, -0.1) is 10.2 Å². The molecule has 0 spiro atoms. The van der Waals surface area contributed by atoms with E-state index in [2.05, 4.69) is 26.3 Å². The van der Waals surface area contributed by atoms with E-state index in [0.29, 0.717) is 29.9 Å². The number of hydrogen-bond donors (Lipinski definition) is 2. The summed E-state index contributed by atoms with van der Waals surface area (Å²) in [6.07, 6.45) is 0.555. The van der Waals surface area contributed by atoms with E-state index in [9.17, 15) is 14.0 Å². The van der Waals surface area contributed by atoms with Crippen LogP contribution in [0.4, 0.5) is 4.39 Å². The molecule has 2 unspecified atom stereocenters. The summed E-state index contributed by atoms with van der Waals surface area (Å²) in [5.74, 6) is -1.05. The lowest BCUT2D eigenvalue weighted by Gasteiger charge is -2.08. The van der Waals surface area contributed by atoms with Gasteiger partial charge in [-0.25, -0.2) is 4.39 Å². The van der Waals surface area contributed by atoms with Gasteiger partial charge in [0.05, 0.1) is 6.54 Å². The fraction of sp³-hybridized carbons (Fsp3) is 0.160. The number of carbonyl (C=O) groups excluding carboxylic acids is 2. The third kappa shape index (κ3) is 4.68. The zero-order chi connectivity index (χ0) is 23.5. The van der Waals surface area contributed by atoms with Crippen LogP contribution in [0, 0.1) is 11.7 Å². The Hall–Kier alpha value is -4.40. The van der Waals surface area contributed by atoms with Crippen LogP contribution in [0.5, 0.6) is 0 Å². The minimum atomic E-state index is -0.437. The second-order valence-electron chi connectivity index (χ2n) is 8.12. The Morgan fingerprint density at radius 1 is 0.941 bits per heavy atom. The van der Waals surface area contributed by atoms with Crippen molar-refractivity contribution in [3.05, 3.63) is 101 Å². The molecule has 1 saturated carbocycles. The molecule has 170 valence electrons. The van der Waals surface area contributed by atoms with Gasteiger partial charge in [-0.2, -0.15) is 4.80 Å². The van der Waals surface area contributed by atoms with Gasteiger partial charge in [0.1, 0.15) is 5.82 Å². The number of rotatable bonds is 6. The molecule has 1 aromatic heterocycles. The molecule has 34 heavy (non-hydrogen) atoms. The Morgan fingerprint density at radius 2 is 1.68 bits per heavy atom.